The topological polar surface area (TPSA) is 19.4 Å². The Morgan fingerprint density at radius 3 is 2.24 bits per heavy atom. The molecule has 3 heteroatoms. The highest BCUT2D eigenvalue weighted by molar-refractivity contribution is 5.14. The highest BCUT2D eigenvalue weighted by Crippen LogP contribution is 2.08. The molecular weight excluding hydrogens is 258 g/mol. The smallest absolute Gasteiger partial charge is 0.0543 e. The molecular formula is C18H23N3. The van der Waals surface area contributed by atoms with Gasteiger partial charge in [0.25, 0.3) is 0 Å². The Balaban J connectivity index is 1.41. The lowest BCUT2D eigenvalue weighted by atomic mass is 10.1. The van der Waals surface area contributed by atoms with Crippen molar-refractivity contribution in [3.63, 3.8) is 0 Å². The SMILES string of the molecule is c1ccc(CCN2CCN(Cc3ccccn3)CC2)cc1. The third-order valence-electron chi connectivity index (χ3n) is 4.14. The van der Waals surface area contributed by atoms with Crippen LogP contribution >= 0.6 is 0 Å². The Hall–Kier alpha value is -1.71. The highest BCUT2D eigenvalue weighted by atomic mass is 15.3. The predicted molar refractivity (Wildman–Crippen MR) is 86.1 cm³/mol. The summed E-state index contributed by atoms with van der Waals surface area (Å²) < 4.78 is 0. The van der Waals surface area contributed by atoms with Crippen molar-refractivity contribution >= 4 is 0 Å². The molecule has 2 aromatic rings. The van der Waals surface area contributed by atoms with Crippen molar-refractivity contribution in [2.75, 3.05) is 32.7 Å². The summed E-state index contributed by atoms with van der Waals surface area (Å²) in [4.78, 5) is 9.49. The minimum absolute atomic E-state index is 0.980. The van der Waals surface area contributed by atoms with E-state index < -0.39 is 0 Å². The molecule has 2 heterocycles. The summed E-state index contributed by atoms with van der Waals surface area (Å²) in [5.41, 5.74) is 2.61. The van der Waals surface area contributed by atoms with Crippen molar-refractivity contribution in [3.8, 4) is 0 Å². The maximum atomic E-state index is 4.41. The van der Waals surface area contributed by atoms with E-state index >= 15 is 0 Å². The molecule has 0 radical (unpaired) electrons. The van der Waals surface area contributed by atoms with Gasteiger partial charge in [-0.3, -0.25) is 9.88 Å². The number of pyridine rings is 1. The number of benzene rings is 1. The number of nitrogens with zero attached hydrogens (tertiary/aromatic N) is 3. The van der Waals surface area contributed by atoms with E-state index in [1.165, 1.54) is 30.9 Å². The summed E-state index contributed by atoms with van der Waals surface area (Å²) in [5.74, 6) is 0. The van der Waals surface area contributed by atoms with Gasteiger partial charge in [0.05, 0.1) is 5.69 Å². The van der Waals surface area contributed by atoms with Crippen LogP contribution in [0.25, 0.3) is 0 Å². The molecule has 21 heavy (non-hydrogen) atoms. The van der Waals surface area contributed by atoms with Gasteiger partial charge in [0, 0.05) is 45.5 Å². The van der Waals surface area contributed by atoms with E-state index in [0.717, 1.165) is 26.1 Å². The monoisotopic (exact) mass is 281 g/mol. The van der Waals surface area contributed by atoms with Crippen LogP contribution < -0.4 is 0 Å². The Morgan fingerprint density at radius 2 is 1.52 bits per heavy atom. The van der Waals surface area contributed by atoms with Crippen molar-refractivity contribution < 1.29 is 0 Å². The maximum absolute atomic E-state index is 4.41. The lowest BCUT2D eigenvalue weighted by molar-refractivity contribution is 0.127. The Labute approximate surface area is 127 Å². The zero-order valence-electron chi connectivity index (χ0n) is 12.5. The van der Waals surface area contributed by atoms with Gasteiger partial charge in [0.2, 0.25) is 0 Å². The first kappa shape index (κ1) is 14.2. The van der Waals surface area contributed by atoms with Crippen LogP contribution in [-0.4, -0.2) is 47.5 Å². The fraction of sp³-hybridized carbons (Fsp3) is 0.389. The molecule has 0 spiro atoms. The number of hydrogen-bond acceptors (Lipinski definition) is 3. The molecule has 0 bridgehead atoms. The van der Waals surface area contributed by atoms with E-state index in [0.29, 0.717) is 0 Å². The van der Waals surface area contributed by atoms with E-state index in [2.05, 4.69) is 57.2 Å². The molecule has 1 aliphatic rings. The van der Waals surface area contributed by atoms with Crippen LogP contribution in [0.1, 0.15) is 11.3 Å². The van der Waals surface area contributed by atoms with Gasteiger partial charge in [-0.15, -0.1) is 0 Å². The minimum Gasteiger partial charge on any atom is -0.300 e. The molecule has 3 rings (SSSR count). The normalized spacial score (nSPS) is 17.0. The summed E-state index contributed by atoms with van der Waals surface area (Å²) in [6.45, 7) is 6.77. The zero-order chi connectivity index (χ0) is 14.3. The molecule has 1 aromatic heterocycles. The van der Waals surface area contributed by atoms with Crippen molar-refractivity contribution in [1.82, 2.24) is 14.8 Å². The van der Waals surface area contributed by atoms with Gasteiger partial charge >= 0.3 is 0 Å². The second-order valence-electron chi connectivity index (χ2n) is 5.67. The number of piperazine rings is 1. The summed E-state index contributed by atoms with van der Waals surface area (Å²) in [5, 5.41) is 0. The first-order chi connectivity index (χ1) is 10.4. The Morgan fingerprint density at radius 1 is 0.810 bits per heavy atom. The zero-order valence-corrected chi connectivity index (χ0v) is 12.5. The molecule has 1 saturated heterocycles. The average Bonchev–Trinajstić information content (AvgIpc) is 2.56. The maximum Gasteiger partial charge on any atom is 0.0543 e. The first-order valence-corrected chi connectivity index (χ1v) is 7.79. The Kier molecular flexibility index (Phi) is 4.98. The average molecular weight is 281 g/mol. The first-order valence-electron chi connectivity index (χ1n) is 7.79. The van der Waals surface area contributed by atoms with Gasteiger partial charge in [0.15, 0.2) is 0 Å². The summed E-state index contributed by atoms with van der Waals surface area (Å²) in [6.07, 6.45) is 3.03. The molecule has 1 aromatic carbocycles. The lowest BCUT2D eigenvalue weighted by Gasteiger charge is -2.34. The summed E-state index contributed by atoms with van der Waals surface area (Å²) in [7, 11) is 0. The molecule has 0 saturated carbocycles. The van der Waals surface area contributed by atoms with Crippen LogP contribution in [0, 0.1) is 0 Å². The van der Waals surface area contributed by atoms with Crippen molar-refractivity contribution in [2.24, 2.45) is 0 Å². The van der Waals surface area contributed by atoms with Crippen LogP contribution in [0.3, 0.4) is 0 Å². The van der Waals surface area contributed by atoms with E-state index in [1.807, 2.05) is 12.3 Å². The third kappa shape index (κ3) is 4.38. The van der Waals surface area contributed by atoms with E-state index in [1.54, 1.807) is 0 Å². The van der Waals surface area contributed by atoms with Crippen LogP contribution in [0.15, 0.2) is 54.7 Å². The second-order valence-corrected chi connectivity index (χ2v) is 5.67. The molecule has 0 atom stereocenters. The Bertz CT molecular complexity index is 519. The van der Waals surface area contributed by atoms with Crippen molar-refractivity contribution in [3.05, 3.63) is 66.0 Å². The van der Waals surface area contributed by atoms with Crippen LogP contribution in [0.5, 0.6) is 0 Å². The summed E-state index contributed by atoms with van der Waals surface area (Å²) >= 11 is 0. The summed E-state index contributed by atoms with van der Waals surface area (Å²) in [6, 6.07) is 16.9. The quantitative estimate of drug-likeness (QED) is 0.839. The second kappa shape index (κ2) is 7.34. The van der Waals surface area contributed by atoms with E-state index in [9.17, 15) is 0 Å². The van der Waals surface area contributed by atoms with Gasteiger partial charge in [-0.2, -0.15) is 0 Å². The minimum atomic E-state index is 0.980. The van der Waals surface area contributed by atoms with Crippen LogP contribution in [0.2, 0.25) is 0 Å². The fourth-order valence-electron chi connectivity index (χ4n) is 2.82. The van der Waals surface area contributed by atoms with Crippen LogP contribution in [0.4, 0.5) is 0 Å². The molecule has 0 amide bonds. The lowest BCUT2D eigenvalue weighted by Crippen LogP contribution is -2.46. The van der Waals surface area contributed by atoms with Gasteiger partial charge in [-0.1, -0.05) is 36.4 Å². The molecule has 0 unspecified atom stereocenters. The number of rotatable bonds is 5. The molecule has 0 N–H and O–H groups in total. The number of hydrogen-bond donors (Lipinski definition) is 0. The van der Waals surface area contributed by atoms with Gasteiger partial charge < -0.3 is 4.90 Å². The third-order valence-corrected chi connectivity index (χ3v) is 4.14. The molecule has 110 valence electrons. The molecule has 3 nitrogen and oxygen atoms in total. The van der Waals surface area contributed by atoms with Gasteiger partial charge in [-0.05, 0) is 24.1 Å². The van der Waals surface area contributed by atoms with Crippen LogP contribution in [-0.2, 0) is 13.0 Å². The van der Waals surface area contributed by atoms with E-state index in [-0.39, 0.29) is 0 Å². The van der Waals surface area contributed by atoms with Gasteiger partial charge in [-0.25, -0.2) is 0 Å². The predicted octanol–water partition coefficient (Wildman–Crippen LogP) is 2.44. The highest BCUT2D eigenvalue weighted by Gasteiger charge is 2.16. The fourth-order valence-corrected chi connectivity index (χ4v) is 2.82. The molecule has 0 aliphatic carbocycles. The van der Waals surface area contributed by atoms with Crippen molar-refractivity contribution in [1.29, 1.82) is 0 Å². The number of aromatic nitrogens is 1. The largest absolute Gasteiger partial charge is 0.300 e. The molecule has 1 fully saturated rings. The molecule has 1 aliphatic heterocycles. The van der Waals surface area contributed by atoms with E-state index in [4.69, 9.17) is 0 Å². The van der Waals surface area contributed by atoms with Gasteiger partial charge in [0.1, 0.15) is 0 Å². The standard InChI is InChI=1S/C18H23N3/c1-2-6-17(7-3-1)9-11-20-12-14-21(15-13-20)16-18-8-4-5-10-19-18/h1-8,10H,9,11-16H2. The van der Waals surface area contributed by atoms with Crippen molar-refractivity contribution in [2.45, 2.75) is 13.0 Å².